The van der Waals surface area contributed by atoms with Gasteiger partial charge in [0.05, 0.1) is 0 Å². The number of hydrogen-bond donors (Lipinski definition) is 2. The lowest BCUT2D eigenvalue weighted by molar-refractivity contribution is 0.672. The highest BCUT2D eigenvalue weighted by Gasteiger charge is 2.18. The summed E-state index contributed by atoms with van der Waals surface area (Å²) in [4.78, 5) is 11.1. The Morgan fingerprint density at radius 1 is 1.14 bits per heavy atom. The fourth-order valence-corrected chi connectivity index (χ4v) is 3.31. The monoisotopic (exact) mass is 303 g/mol. The molecule has 1 aromatic carbocycles. The van der Waals surface area contributed by atoms with Gasteiger partial charge in [0.2, 0.25) is 0 Å². The first-order valence-electron chi connectivity index (χ1n) is 6.77. The van der Waals surface area contributed by atoms with Crippen molar-refractivity contribution in [1.29, 1.82) is 0 Å². The second-order valence-electron chi connectivity index (χ2n) is 4.78. The first-order valence-corrected chi connectivity index (χ1v) is 8.26. The lowest BCUT2D eigenvalue weighted by atomic mass is 10.2. The zero-order valence-corrected chi connectivity index (χ0v) is 12.3. The molecule has 0 saturated carbocycles. The molecule has 1 aliphatic rings. The van der Waals surface area contributed by atoms with E-state index in [-0.39, 0.29) is 0 Å². The Morgan fingerprint density at radius 2 is 1.86 bits per heavy atom. The number of rotatable bonds is 3. The summed E-state index contributed by atoms with van der Waals surface area (Å²) in [5, 5.41) is 0. The molecule has 3 rings (SSSR count). The number of nitrogens with one attached hydrogen (secondary N) is 1. The van der Waals surface area contributed by atoms with Crippen molar-refractivity contribution in [2.24, 2.45) is 5.84 Å². The Kier molecular flexibility index (Phi) is 4.12. The van der Waals surface area contributed by atoms with Crippen molar-refractivity contribution in [2.45, 2.75) is 0 Å². The van der Waals surface area contributed by atoms with Crippen molar-refractivity contribution in [1.82, 2.24) is 9.97 Å². The first kappa shape index (κ1) is 14.0. The van der Waals surface area contributed by atoms with E-state index in [2.05, 4.69) is 20.3 Å². The van der Waals surface area contributed by atoms with Gasteiger partial charge < -0.3 is 10.3 Å². The highest BCUT2D eigenvalue weighted by Crippen LogP contribution is 2.22. The lowest BCUT2D eigenvalue weighted by Crippen LogP contribution is -2.38. The van der Waals surface area contributed by atoms with E-state index in [0.29, 0.717) is 23.1 Å². The fourth-order valence-electron chi connectivity index (χ4n) is 2.25. The molecule has 0 radical (unpaired) electrons. The SMILES string of the molecule is NNc1cc(N2CCS(=O)CC2)nc(-c2ccccc2)n1. The number of nitrogens with zero attached hydrogens (tertiary/aromatic N) is 3. The molecule has 0 amide bonds. The molecule has 1 saturated heterocycles. The average molecular weight is 303 g/mol. The van der Waals surface area contributed by atoms with E-state index in [9.17, 15) is 4.21 Å². The summed E-state index contributed by atoms with van der Waals surface area (Å²) >= 11 is 0. The number of nitrogen functional groups attached to an aromatic ring is 1. The Morgan fingerprint density at radius 3 is 2.52 bits per heavy atom. The molecule has 1 aliphatic heterocycles. The number of benzene rings is 1. The van der Waals surface area contributed by atoms with E-state index < -0.39 is 10.8 Å². The zero-order chi connectivity index (χ0) is 14.7. The minimum absolute atomic E-state index is 0.575. The first-order chi connectivity index (χ1) is 10.3. The summed E-state index contributed by atoms with van der Waals surface area (Å²) in [7, 11) is -0.709. The molecule has 6 nitrogen and oxygen atoms in total. The highest BCUT2D eigenvalue weighted by atomic mass is 32.2. The average Bonchev–Trinajstić information content (AvgIpc) is 2.56. The van der Waals surface area contributed by atoms with Crippen LogP contribution in [-0.4, -0.2) is 38.8 Å². The molecule has 7 heteroatoms. The van der Waals surface area contributed by atoms with Crippen LogP contribution in [0.5, 0.6) is 0 Å². The number of nitrogens with two attached hydrogens (primary N) is 1. The molecule has 3 N–H and O–H groups in total. The quantitative estimate of drug-likeness (QED) is 0.650. The van der Waals surface area contributed by atoms with Gasteiger partial charge in [0.1, 0.15) is 11.6 Å². The second kappa shape index (κ2) is 6.19. The summed E-state index contributed by atoms with van der Waals surface area (Å²) in [5.74, 6) is 8.88. The van der Waals surface area contributed by atoms with Crippen molar-refractivity contribution < 1.29 is 4.21 Å². The highest BCUT2D eigenvalue weighted by molar-refractivity contribution is 7.85. The molecule has 110 valence electrons. The third-order valence-corrected chi connectivity index (χ3v) is 4.67. The maximum absolute atomic E-state index is 11.5. The topological polar surface area (TPSA) is 84.1 Å². The number of aromatic nitrogens is 2. The predicted molar refractivity (Wildman–Crippen MR) is 85.4 cm³/mol. The largest absolute Gasteiger partial charge is 0.355 e. The molecular formula is C14H17N5OS. The van der Waals surface area contributed by atoms with E-state index >= 15 is 0 Å². The summed E-state index contributed by atoms with van der Waals surface area (Å²) in [6.07, 6.45) is 0. The second-order valence-corrected chi connectivity index (χ2v) is 6.48. The maximum atomic E-state index is 11.5. The molecule has 0 spiro atoms. The van der Waals surface area contributed by atoms with Crippen LogP contribution in [0.3, 0.4) is 0 Å². The number of hydrazine groups is 1. The van der Waals surface area contributed by atoms with Crippen LogP contribution in [-0.2, 0) is 10.8 Å². The van der Waals surface area contributed by atoms with Crippen LogP contribution in [0.25, 0.3) is 11.4 Å². The lowest BCUT2D eigenvalue weighted by Gasteiger charge is -2.27. The van der Waals surface area contributed by atoms with Gasteiger partial charge in [-0.2, -0.15) is 0 Å². The van der Waals surface area contributed by atoms with Gasteiger partial charge in [0, 0.05) is 47.0 Å². The Hall–Kier alpha value is -1.99. The Bertz CT molecular complexity index is 639. The summed E-state index contributed by atoms with van der Waals surface area (Å²) < 4.78 is 11.5. The fraction of sp³-hybridized carbons (Fsp3) is 0.286. The third-order valence-electron chi connectivity index (χ3n) is 3.39. The molecule has 2 aromatic rings. The Labute approximate surface area is 125 Å². The van der Waals surface area contributed by atoms with Crippen molar-refractivity contribution in [3.8, 4) is 11.4 Å². The molecule has 1 fully saturated rings. The van der Waals surface area contributed by atoms with Gasteiger partial charge >= 0.3 is 0 Å². The van der Waals surface area contributed by atoms with Gasteiger partial charge in [0.15, 0.2) is 5.82 Å². The normalized spacial score (nSPS) is 16.0. The summed E-state index contributed by atoms with van der Waals surface area (Å²) in [6, 6.07) is 11.6. The number of hydrogen-bond acceptors (Lipinski definition) is 6. The van der Waals surface area contributed by atoms with Crippen LogP contribution in [0.4, 0.5) is 11.6 Å². The van der Waals surface area contributed by atoms with Gasteiger partial charge in [-0.05, 0) is 0 Å². The van der Waals surface area contributed by atoms with Crippen molar-refractivity contribution in [2.75, 3.05) is 34.9 Å². The smallest absolute Gasteiger partial charge is 0.163 e. The van der Waals surface area contributed by atoms with Gasteiger partial charge in [-0.25, -0.2) is 15.8 Å². The minimum Gasteiger partial charge on any atom is -0.355 e. The van der Waals surface area contributed by atoms with E-state index in [4.69, 9.17) is 5.84 Å². The predicted octanol–water partition coefficient (Wildman–Crippen LogP) is 0.998. The molecule has 21 heavy (non-hydrogen) atoms. The van der Waals surface area contributed by atoms with Crippen LogP contribution in [0.2, 0.25) is 0 Å². The number of anilines is 2. The van der Waals surface area contributed by atoms with Gasteiger partial charge in [0.25, 0.3) is 0 Å². The molecule has 1 aromatic heterocycles. The molecule has 0 aliphatic carbocycles. The van der Waals surface area contributed by atoms with Crippen LogP contribution >= 0.6 is 0 Å². The van der Waals surface area contributed by atoms with Crippen molar-refractivity contribution in [3.05, 3.63) is 36.4 Å². The summed E-state index contributed by atoms with van der Waals surface area (Å²) in [6.45, 7) is 1.48. The molecule has 0 unspecified atom stereocenters. The van der Waals surface area contributed by atoms with Gasteiger partial charge in [-0.3, -0.25) is 4.21 Å². The van der Waals surface area contributed by atoms with Crippen molar-refractivity contribution >= 4 is 22.4 Å². The summed E-state index contributed by atoms with van der Waals surface area (Å²) in [5.41, 5.74) is 3.53. The van der Waals surface area contributed by atoms with Gasteiger partial charge in [-0.1, -0.05) is 30.3 Å². The zero-order valence-electron chi connectivity index (χ0n) is 11.5. The van der Waals surface area contributed by atoms with Crippen LogP contribution in [0, 0.1) is 0 Å². The third kappa shape index (κ3) is 3.20. The Balaban J connectivity index is 1.95. The van der Waals surface area contributed by atoms with E-state index in [1.165, 1.54) is 0 Å². The van der Waals surface area contributed by atoms with Crippen molar-refractivity contribution in [3.63, 3.8) is 0 Å². The molecule has 2 heterocycles. The van der Waals surface area contributed by atoms with E-state index in [1.807, 2.05) is 36.4 Å². The minimum atomic E-state index is -0.709. The van der Waals surface area contributed by atoms with E-state index in [1.54, 1.807) is 0 Å². The van der Waals surface area contributed by atoms with Gasteiger partial charge in [-0.15, -0.1) is 0 Å². The molecular weight excluding hydrogens is 286 g/mol. The maximum Gasteiger partial charge on any atom is 0.163 e. The van der Waals surface area contributed by atoms with Crippen LogP contribution in [0.15, 0.2) is 36.4 Å². The van der Waals surface area contributed by atoms with Crippen LogP contribution in [0.1, 0.15) is 0 Å². The van der Waals surface area contributed by atoms with Crippen LogP contribution < -0.4 is 16.2 Å². The molecule has 0 atom stereocenters. The van der Waals surface area contributed by atoms with E-state index in [0.717, 1.165) is 24.5 Å². The standard InChI is InChI=1S/C14H17N5OS/c15-18-12-10-13(19-6-8-21(20)9-7-19)17-14(16-12)11-4-2-1-3-5-11/h1-5,10H,6-9,15H2,(H,16,17,18). The molecule has 0 bridgehead atoms.